The van der Waals surface area contributed by atoms with Crippen molar-refractivity contribution < 1.29 is 0 Å². The Morgan fingerprint density at radius 3 is 2.35 bits per heavy atom. The number of nitrogens with zero attached hydrogens (tertiary/aromatic N) is 3. The summed E-state index contributed by atoms with van der Waals surface area (Å²) in [5.74, 6) is 0. The molecule has 4 aromatic rings. The molecule has 0 aliphatic carbocycles. The summed E-state index contributed by atoms with van der Waals surface area (Å²) in [6, 6.07) is 19.0. The highest BCUT2D eigenvalue weighted by Crippen LogP contribution is 2.25. The zero-order valence-corrected chi connectivity index (χ0v) is 16.9. The van der Waals surface area contributed by atoms with E-state index in [0.717, 1.165) is 33.5 Å². The second kappa shape index (κ2) is 8.58. The third-order valence-electron chi connectivity index (χ3n) is 4.07. The fraction of sp³-hybridized carbons (Fsp3) is 0.100. The molecule has 0 aliphatic rings. The lowest BCUT2D eigenvalue weighted by Crippen LogP contribution is -1.91. The first-order valence-corrected chi connectivity index (χ1v) is 9.01. The van der Waals surface area contributed by atoms with Crippen molar-refractivity contribution in [2.24, 2.45) is 0 Å². The van der Waals surface area contributed by atoms with E-state index in [-0.39, 0.29) is 24.8 Å². The summed E-state index contributed by atoms with van der Waals surface area (Å²) in [4.78, 5) is 10.4. The van der Waals surface area contributed by atoms with Gasteiger partial charge in [0.2, 0.25) is 0 Å². The van der Waals surface area contributed by atoms with Crippen LogP contribution in [0.4, 0.5) is 0 Å². The molecule has 0 aliphatic heterocycles. The Hall–Kier alpha value is -2.01. The predicted octanol–water partition coefficient (Wildman–Crippen LogP) is 5.96. The summed E-state index contributed by atoms with van der Waals surface area (Å²) in [5, 5.41) is 1.13. The fourth-order valence-electron chi connectivity index (χ4n) is 2.76. The molecule has 2 aromatic heterocycles. The van der Waals surface area contributed by atoms with Crippen LogP contribution < -0.4 is 0 Å². The molecule has 0 radical (unpaired) electrons. The van der Waals surface area contributed by atoms with Gasteiger partial charge in [-0.15, -0.1) is 36.6 Å². The van der Waals surface area contributed by atoms with Gasteiger partial charge in [0.15, 0.2) is 0 Å². The molecule has 134 valence electrons. The van der Waals surface area contributed by atoms with Gasteiger partial charge in [0.05, 0.1) is 23.2 Å². The van der Waals surface area contributed by atoms with Gasteiger partial charge in [-0.1, -0.05) is 18.2 Å². The Morgan fingerprint density at radius 2 is 1.69 bits per heavy atom. The zero-order chi connectivity index (χ0) is 16.5. The molecule has 0 amide bonds. The molecule has 2 heterocycles. The third-order valence-corrected chi connectivity index (χ3v) is 4.81. The van der Waals surface area contributed by atoms with Gasteiger partial charge in [-0.3, -0.25) is 0 Å². The van der Waals surface area contributed by atoms with Crippen molar-refractivity contribution in [2.45, 2.75) is 11.8 Å². The summed E-state index contributed by atoms with van der Waals surface area (Å²) in [6.07, 6.45) is 5.95. The molecule has 4 rings (SSSR count). The number of benzene rings is 2. The van der Waals surface area contributed by atoms with Crippen LogP contribution in [0.5, 0.6) is 0 Å². The van der Waals surface area contributed by atoms with E-state index in [2.05, 4.69) is 65.8 Å². The molecule has 6 heteroatoms. The van der Waals surface area contributed by atoms with Crippen LogP contribution in [-0.2, 0) is 0 Å². The van der Waals surface area contributed by atoms with Crippen molar-refractivity contribution in [3.63, 3.8) is 0 Å². The van der Waals surface area contributed by atoms with Gasteiger partial charge in [0.25, 0.3) is 0 Å². The highest BCUT2D eigenvalue weighted by atomic mass is 35.5. The summed E-state index contributed by atoms with van der Waals surface area (Å²) in [5.41, 5.74) is 5.26. The maximum absolute atomic E-state index is 4.81. The van der Waals surface area contributed by atoms with E-state index in [0.29, 0.717) is 0 Å². The van der Waals surface area contributed by atoms with Gasteiger partial charge in [-0.25, -0.2) is 9.97 Å². The topological polar surface area (TPSA) is 30.7 Å². The monoisotopic (exact) mass is 403 g/mol. The highest BCUT2D eigenvalue weighted by Gasteiger charge is 2.04. The Kier molecular flexibility index (Phi) is 6.70. The van der Waals surface area contributed by atoms with Gasteiger partial charge in [0.1, 0.15) is 0 Å². The second-order valence-electron chi connectivity index (χ2n) is 5.72. The zero-order valence-electron chi connectivity index (χ0n) is 14.4. The number of pyridine rings is 1. The number of fused-ring (bicyclic) bond motifs is 1. The number of thioether (sulfide) groups is 1. The van der Waals surface area contributed by atoms with E-state index >= 15 is 0 Å². The molecule has 0 bridgehead atoms. The Labute approximate surface area is 169 Å². The van der Waals surface area contributed by atoms with E-state index in [9.17, 15) is 0 Å². The first-order chi connectivity index (χ1) is 11.7. The minimum absolute atomic E-state index is 0. The van der Waals surface area contributed by atoms with Crippen molar-refractivity contribution >= 4 is 47.5 Å². The number of halogens is 2. The van der Waals surface area contributed by atoms with Crippen molar-refractivity contribution in [1.82, 2.24) is 14.5 Å². The summed E-state index contributed by atoms with van der Waals surface area (Å²) in [6.45, 7) is 1.99. The maximum Gasteiger partial charge on any atom is 0.0995 e. The van der Waals surface area contributed by atoms with Crippen LogP contribution in [0.2, 0.25) is 0 Å². The smallest absolute Gasteiger partial charge is 0.0995 e. The van der Waals surface area contributed by atoms with Crippen molar-refractivity contribution in [3.8, 4) is 16.9 Å². The number of imidazole rings is 1. The SMILES string of the molecule is CSc1ccc(-c2ccc3cc(-n4cnc(C)c4)ccc3n2)cc1.Cl.Cl. The molecule has 0 atom stereocenters. The van der Waals surface area contributed by atoms with E-state index in [1.807, 2.05) is 24.0 Å². The number of hydrogen-bond acceptors (Lipinski definition) is 3. The number of rotatable bonds is 3. The second-order valence-corrected chi connectivity index (χ2v) is 6.60. The van der Waals surface area contributed by atoms with Gasteiger partial charge in [-0.05, 0) is 49.6 Å². The van der Waals surface area contributed by atoms with Crippen LogP contribution in [0.1, 0.15) is 5.69 Å². The van der Waals surface area contributed by atoms with Gasteiger partial charge >= 0.3 is 0 Å². The van der Waals surface area contributed by atoms with E-state index in [1.165, 1.54) is 4.90 Å². The summed E-state index contributed by atoms with van der Waals surface area (Å²) in [7, 11) is 0. The van der Waals surface area contributed by atoms with Crippen LogP contribution in [0, 0.1) is 6.92 Å². The molecule has 0 unspecified atom stereocenters. The minimum atomic E-state index is 0. The van der Waals surface area contributed by atoms with Crippen LogP contribution in [0.25, 0.3) is 27.8 Å². The third kappa shape index (κ3) is 4.04. The van der Waals surface area contributed by atoms with Crippen LogP contribution in [0.3, 0.4) is 0 Å². The fourth-order valence-corrected chi connectivity index (χ4v) is 3.17. The quantitative estimate of drug-likeness (QED) is 0.395. The Morgan fingerprint density at radius 1 is 0.923 bits per heavy atom. The molecule has 3 nitrogen and oxygen atoms in total. The number of aromatic nitrogens is 3. The lowest BCUT2D eigenvalue weighted by atomic mass is 10.1. The Balaban J connectivity index is 0.00000121. The molecule has 0 N–H and O–H groups in total. The largest absolute Gasteiger partial charge is 0.306 e. The van der Waals surface area contributed by atoms with Gasteiger partial charge < -0.3 is 4.57 Å². The van der Waals surface area contributed by atoms with Crippen molar-refractivity contribution in [1.29, 1.82) is 0 Å². The van der Waals surface area contributed by atoms with E-state index in [4.69, 9.17) is 4.98 Å². The minimum Gasteiger partial charge on any atom is -0.306 e. The van der Waals surface area contributed by atoms with Crippen LogP contribution >= 0.6 is 36.6 Å². The van der Waals surface area contributed by atoms with Crippen LogP contribution in [-0.4, -0.2) is 20.8 Å². The number of aryl methyl sites for hydroxylation is 1. The highest BCUT2D eigenvalue weighted by molar-refractivity contribution is 7.98. The van der Waals surface area contributed by atoms with Crippen molar-refractivity contribution in [3.05, 3.63) is 72.8 Å². The lowest BCUT2D eigenvalue weighted by molar-refractivity contribution is 1.06. The first kappa shape index (κ1) is 20.3. The molecule has 26 heavy (non-hydrogen) atoms. The lowest BCUT2D eigenvalue weighted by Gasteiger charge is -2.07. The molecule has 0 fully saturated rings. The first-order valence-electron chi connectivity index (χ1n) is 7.79. The normalized spacial score (nSPS) is 10.2. The van der Waals surface area contributed by atoms with Gasteiger partial charge in [0, 0.05) is 27.7 Å². The van der Waals surface area contributed by atoms with E-state index < -0.39 is 0 Å². The summed E-state index contributed by atoms with van der Waals surface area (Å²) >= 11 is 1.75. The standard InChI is InChI=1S/C20H17N3S.2ClH/c1-14-12-23(13-21-14)17-6-10-20-16(11-17)5-9-19(22-20)15-3-7-18(24-2)8-4-15;;/h3-13H,1-2H3;2*1H. The average Bonchev–Trinajstić information content (AvgIpc) is 3.07. The van der Waals surface area contributed by atoms with Gasteiger partial charge in [-0.2, -0.15) is 0 Å². The molecule has 0 spiro atoms. The molecular formula is C20H19Cl2N3S. The maximum atomic E-state index is 4.81. The molecule has 0 saturated carbocycles. The average molecular weight is 404 g/mol. The summed E-state index contributed by atoms with van der Waals surface area (Å²) < 4.78 is 2.03. The van der Waals surface area contributed by atoms with Crippen molar-refractivity contribution in [2.75, 3.05) is 6.26 Å². The van der Waals surface area contributed by atoms with Crippen LogP contribution in [0.15, 0.2) is 72.0 Å². The molecule has 2 aromatic carbocycles. The molecular weight excluding hydrogens is 385 g/mol. The van der Waals surface area contributed by atoms with E-state index in [1.54, 1.807) is 11.8 Å². The molecule has 0 saturated heterocycles. The number of hydrogen-bond donors (Lipinski definition) is 0. The Bertz CT molecular complexity index is 1010. The predicted molar refractivity (Wildman–Crippen MR) is 115 cm³/mol.